The van der Waals surface area contributed by atoms with Gasteiger partial charge < -0.3 is 9.73 Å². The molecule has 0 spiro atoms. The van der Waals surface area contributed by atoms with Gasteiger partial charge in [0, 0.05) is 6.54 Å². The van der Waals surface area contributed by atoms with E-state index in [-0.39, 0.29) is 6.03 Å². The third-order valence-electron chi connectivity index (χ3n) is 1.22. The highest BCUT2D eigenvalue weighted by Gasteiger charge is 2.01. The van der Waals surface area contributed by atoms with Crippen molar-refractivity contribution in [1.29, 1.82) is 0 Å². The van der Waals surface area contributed by atoms with Crippen LogP contribution in [0.3, 0.4) is 0 Å². The van der Waals surface area contributed by atoms with Gasteiger partial charge in [-0.15, -0.1) is 0 Å². The normalized spacial score (nSPS) is 9.31. The van der Waals surface area contributed by atoms with Crippen molar-refractivity contribution in [1.82, 2.24) is 10.3 Å². The molecule has 0 saturated carbocycles. The van der Waals surface area contributed by atoms with Crippen molar-refractivity contribution in [2.24, 2.45) is 0 Å². The number of oxazole rings is 1. The first-order valence-corrected chi connectivity index (χ1v) is 3.76. The molecule has 5 heteroatoms. The maximum atomic E-state index is 11.1. The van der Waals surface area contributed by atoms with Gasteiger partial charge in [0.2, 0.25) is 0 Å². The van der Waals surface area contributed by atoms with Crippen molar-refractivity contribution in [3.63, 3.8) is 0 Å². The summed E-state index contributed by atoms with van der Waals surface area (Å²) in [6.45, 7) is 5.93. The Kier molecular flexibility index (Phi) is 3.08. The van der Waals surface area contributed by atoms with Gasteiger partial charge >= 0.3 is 6.03 Å². The fourth-order valence-corrected chi connectivity index (χ4v) is 0.666. The highest BCUT2D eigenvalue weighted by Crippen LogP contribution is 1.99. The van der Waals surface area contributed by atoms with Crippen LogP contribution in [0, 0.1) is 0 Å². The van der Waals surface area contributed by atoms with Crippen molar-refractivity contribution >= 4 is 11.8 Å². The van der Waals surface area contributed by atoms with Gasteiger partial charge in [-0.2, -0.15) is 4.98 Å². The maximum absolute atomic E-state index is 11.1. The minimum atomic E-state index is -0.322. The number of carbonyl (C=O) groups is 1. The van der Waals surface area contributed by atoms with Crippen LogP contribution in [0.2, 0.25) is 0 Å². The zero-order valence-electron chi connectivity index (χ0n) is 7.33. The molecule has 2 N–H and O–H groups in total. The second-order valence-corrected chi connectivity index (χ2v) is 2.64. The minimum Gasteiger partial charge on any atom is -0.449 e. The van der Waals surface area contributed by atoms with Gasteiger partial charge in [0.1, 0.15) is 6.26 Å². The summed E-state index contributed by atoms with van der Waals surface area (Å²) in [5.74, 6) is 0.388. The van der Waals surface area contributed by atoms with Crippen molar-refractivity contribution in [3.8, 4) is 0 Å². The average molecular weight is 181 g/mol. The third kappa shape index (κ3) is 3.42. The predicted octanol–water partition coefficient (Wildman–Crippen LogP) is 1.37. The number of carbonyl (C=O) groups excluding carboxylic acids is 1. The van der Waals surface area contributed by atoms with E-state index in [1.54, 1.807) is 0 Å². The number of anilines is 1. The minimum absolute atomic E-state index is 0.322. The first-order valence-electron chi connectivity index (χ1n) is 3.76. The molecule has 0 atom stereocenters. The first kappa shape index (κ1) is 9.31. The molecule has 0 fully saturated rings. The third-order valence-corrected chi connectivity index (χ3v) is 1.22. The zero-order valence-corrected chi connectivity index (χ0v) is 7.33. The van der Waals surface area contributed by atoms with Crippen molar-refractivity contribution in [3.05, 3.63) is 24.8 Å². The highest BCUT2D eigenvalue weighted by atomic mass is 16.3. The number of hydrogen-bond acceptors (Lipinski definition) is 3. The number of aromatic nitrogens is 1. The van der Waals surface area contributed by atoms with Crippen LogP contribution in [0.1, 0.15) is 6.92 Å². The summed E-state index contributed by atoms with van der Waals surface area (Å²) in [5.41, 5.74) is 0.885. The number of nitrogens with zero attached hydrogens (tertiary/aromatic N) is 1. The Balaban J connectivity index is 2.30. The van der Waals surface area contributed by atoms with Gasteiger partial charge in [-0.25, -0.2) is 4.79 Å². The summed E-state index contributed by atoms with van der Waals surface area (Å²) >= 11 is 0. The van der Waals surface area contributed by atoms with E-state index in [2.05, 4.69) is 26.6 Å². The Labute approximate surface area is 75.8 Å². The van der Waals surface area contributed by atoms with Crippen LogP contribution in [0.15, 0.2) is 29.2 Å². The summed E-state index contributed by atoms with van der Waals surface area (Å²) in [7, 11) is 0. The lowest BCUT2D eigenvalue weighted by atomic mass is 10.3. The lowest BCUT2D eigenvalue weighted by Gasteiger charge is -2.03. The molecule has 0 saturated heterocycles. The molecule has 0 aromatic carbocycles. The van der Waals surface area contributed by atoms with Gasteiger partial charge in [-0.05, 0) is 6.92 Å². The van der Waals surface area contributed by atoms with Crippen LogP contribution in [-0.2, 0) is 0 Å². The summed E-state index contributed by atoms with van der Waals surface area (Å²) in [4.78, 5) is 14.8. The van der Waals surface area contributed by atoms with Crippen LogP contribution in [0.4, 0.5) is 10.6 Å². The van der Waals surface area contributed by atoms with Gasteiger partial charge in [0.05, 0.1) is 0 Å². The highest BCUT2D eigenvalue weighted by molar-refractivity contribution is 5.88. The number of nitrogens with one attached hydrogen (secondary N) is 2. The molecule has 0 radical (unpaired) electrons. The molecule has 1 heterocycles. The van der Waals surface area contributed by atoms with E-state index >= 15 is 0 Å². The van der Waals surface area contributed by atoms with Crippen molar-refractivity contribution < 1.29 is 9.21 Å². The number of hydrogen-bond donors (Lipinski definition) is 2. The average Bonchev–Trinajstić information content (AvgIpc) is 2.53. The van der Waals surface area contributed by atoms with E-state index in [1.165, 1.54) is 12.7 Å². The molecule has 0 unspecified atom stereocenters. The molecule has 0 aliphatic heterocycles. The molecule has 0 aliphatic carbocycles. The molecule has 13 heavy (non-hydrogen) atoms. The Hall–Kier alpha value is -1.78. The van der Waals surface area contributed by atoms with Crippen LogP contribution in [0.5, 0.6) is 0 Å². The first-order chi connectivity index (χ1) is 6.18. The fourth-order valence-electron chi connectivity index (χ4n) is 0.666. The largest absolute Gasteiger partial charge is 0.449 e. The number of rotatable bonds is 3. The smallest absolute Gasteiger partial charge is 0.320 e. The second kappa shape index (κ2) is 4.30. The summed E-state index contributed by atoms with van der Waals surface area (Å²) < 4.78 is 4.67. The molecule has 0 aliphatic rings. The van der Waals surface area contributed by atoms with E-state index in [0.717, 1.165) is 5.57 Å². The van der Waals surface area contributed by atoms with Gasteiger partial charge in [-0.1, -0.05) is 12.2 Å². The predicted molar refractivity (Wildman–Crippen MR) is 48.3 cm³/mol. The topological polar surface area (TPSA) is 67.2 Å². The van der Waals surface area contributed by atoms with Gasteiger partial charge in [-0.3, -0.25) is 5.32 Å². The number of amides is 2. The van der Waals surface area contributed by atoms with Crippen LogP contribution < -0.4 is 10.6 Å². The van der Waals surface area contributed by atoms with Gasteiger partial charge in [0.25, 0.3) is 0 Å². The van der Waals surface area contributed by atoms with Crippen molar-refractivity contribution in [2.75, 3.05) is 11.9 Å². The molecule has 5 nitrogen and oxygen atoms in total. The SMILES string of the molecule is C=C(C)CNC(=O)Nc1cocn1. The molecular formula is C8H11N3O2. The summed E-state index contributed by atoms with van der Waals surface area (Å²) in [5, 5.41) is 5.07. The quantitative estimate of drug-likeness (QED) is 0.692. The Morgan fingerprint density at radius 3 is 3.08 bits per heavy atom. The van der Waals surface area contributed by atoms with Crippen LogP contribution in [0.25, 0.3) is 0 Å². The van der Waals surface area contributed by atoms with E-state index < -0.39 is 0 Å². The van der Waals surface area contributed by atoms with Crippen molar-refractivity contribution in [2.45, 2.75) is 6.92 Å². The van der Waals surface area contributed by atoms with Gasteiger partial charge in [0.15, 0.2) is 12.2 Å². The molecule has 1 rings (SSSR count). The molecule has 1 aromatic rings. The summed E-state index contributed by atoms with van der Waals surface area (Å²) in [6, 6.07) is -0.322. The molecular weight excluding hydrogens is 170 g/mol. The van der Waals surface area contributed by atoms with Crippen LogP contribution in [-0.4, -0.2) is 17.6 Å². The maximum Gasteiger partial charge on any atom is 0.320 e. The van der Waals surface area contributed by atoms with E-state index in [4.69, 9.17) is 0 Å². The Morgan fingerprint density at radius 2 is 2.54 bits per heavy atom. The van der Waals surface area contributed by atoms with E-state index in [1.807, 2.05) is 6.92 Å². The zero-order chi connectivity index (χ0) is 9.68. The lowest BCUT2D eigenvalue weighted by molar-refractivity contribution is 0.252. The van der Waals surface area contributed by atoms with E-state index in [9.17, 15) is 4.79 Å². The Morgan fingerprint density at radius 1 is 1.77 bits per heavy atom. The fraction of sp³-hybridized carbons (Fsp3) is 0.250. The molecule has 70 valence electrons. The standard InChI is InChI=1S/C8H11N3O2/c1-6(2)3-9-8(12)11-7-4-13-5-10-7/h4-5H,1,3H2,2H3,(H2,9,11,12). The second-order valence-electron chi connectivity index (χ2n) is 2.64. The Bertz CT molecular complexity index is 292. The van der Waals surface area contributed by atoms with E-state index in [0.29, 0.717) is 12.4 Å². The molecule has 1 aromatic heterocycles. The molecule has 2 amide bonds. The summed E-state index contributed by atoms with van der Waals surface area (Å²) in [6.07, 6.45) is 2.59. The monoisotopic (exact) mass is 181 g/mol. The molecule has 0 bridgehead atoms. The van der Waals surface area contributed by atoms with Crippen LogP contribution >= 0.6 is 0 Å². The lowest BCUT2D eigenvalue weighted by Crippen LogP contribution is -2.29. The number of urea groups is 1.